The van der Waals surface area contributed by atoms with Gasteiger partial charge in [-0.1, -0.05) is 0 Å². The first kappa shape index (κ1) is 18.6. The van der Waals surface area contributed by atoms with Gasteiger partial charge in [-0.2, -0.15) is 0 Å². The molecule has 0 saturated carbocycles. The zero-order valence-electron chi connectivity index (χ0n) is 13.3. The number of hydrogen-bond donors (Lipinski definition) is 2. The molecule has 0 aliphatic rings. The first-order valence-corrected chi connectivity index (χ1v) is 7.22. The van der Waals surface area contributed by atoms with Crippen molar-refractivity contribution in [2.45, 2.75) is 9.79 Å². The SMILES string of the molecule is O=C(O)c1ccc(S(=O)(=O)c2ccc(C(=O)O)cc2)cc1.[Ca+2].[H-].[H-]. The van der Waals surface area contributed by atoms with E-state index in [1.165, 1.54) is 48.5 Å². The molecule has 0 aliphatic heterocycles. The molecule has 2 aromatic rings. The minimum absolute atomic E-state index is 0. The van der Waals surface area contributed by atoms with E-state index in [4.69, 9.17) is 10.2 Å². The molecule has 0 saturated heterocycles. The van der Waals surface area contributed by atoms with Crippen molar-refractivity contribution in [2.24, 2.45) is 0 Å². The Morgan fingerprint density at radius 2 is 1.00 bits per heavy atom. The van der Waals surface area contributed by atoms with Crippen LogP contribution in [0.15, 0.2) is 58.3 Å². The molecular formula is C14H12CaO6S. The Morgan fingerprint density at radius 3 is 1.23 bits per heavy atom. The van der Waals surface area contributed by atoms with Gasteiger partial charge >= 0.3 is 49.7 Å². The molecule has 112 valence electrons. The average Bonchev–Trinajstić information content (AvgIpc) is 2.47. The molecule has 0 unspecified atom stereocenters. The molecule has 6 nitrogen and oxygen atoms in total. The predicted octanol–water partition coefficient (Wildman–Crippen LogP) is 1.76. The predicted molar refractivity (Wildman–Crippen MR) is 80.2 cm³/mol. The Hall–Kier alpha value is -1.41. The van der Waals surface area contributed by atoms with Crippen LogP contribution in [0.2, 0.25) is 0 Å². The quantitative estimate of drug-likeness (QED) is 0.815. The zero-order valence-corrected chi connectivity index (χ0v) is 14.3. The van der Waals surface area contributed by atoms with E-state index < -0.39 is 21.8 Å². The van der Waals surface area contributed by atoms with Crippen LogP contribution in [0.3, 0.4) is 0 Å². The van der Waals surface area contributed by atoms with Crippen LogP contribution in [0.4, 0.5) is 0 Å². The van der Waals surface area contributed by atoms with Crippen molar-refractivity contribution in [2.75, 3.05) is 0 Å². The summed E-state index contributed by atoms with van der Waals surface area (Å²) >= 11 is 0. The van der Waals surface area contributed by atoms with E-state index in [9.17, 15) is 18.0 Å². The summed E-state index contributed by atoms with van der Waals surface area (Å²) < 4.78 is 24.6. The topological polar surface area (TPSA) is 109 Å². The van der Waals surface area contributed by atoms with E-state index in [-0.39, 0.29) is 61.5 Å². The van der Waals surface area contributed by atoms with E-state index in [0.29, 0.717) is 0 Å². The van der Waals surface area contributed by atoms with Crippen LogP contribution in [-0.2, 0) is 9.84 Å². The van der Waals surface area contributed by atoms with E-state index in [0.717, 1.165) is 0 Å². The van der Waals surface area contributed by atoms with Crippen LogP contribution in [0.5, 0.6) is 0 Å². The van der Waals surface area contributed by atoms with Gasteiger partial charge in [0.15, 0.2) is 0 Å². The Balaban J connectivity index is 0. The Kier molecular flexibility index (Phi) is 6.13. The van der Waals surface area contributed by atoms with Crippen molar-refractivity contribution in [3.05, 3.63) is 59.7 Å². The van der Waals surface area contributed by atoms with Crippen molar-refractivity contribution >= 4 is 59.5 Å². The molecule has 0 aliphatic carbocycles. The fourth-order valence-corrected chi connectivity index (χ4v) is 2.95. The van der Waals surface area contributed by atoms with Gasteiger partial charge in [-0.05, 0) is 48.5 Å². The molecule has 0 radical (unpaired) electrons. The van der Waals surface area contributed by atoms with E-state index in [1.807, 2.05) is 0 Å². The maximum atomic E-state index is 12.3. The van der Waals surface area contributed by atoms with Crippen molar-refractivity contribution in [3.8, 4) is 0 Å². The van der Waals surface area contributed by atoms with Gasteiger partial charge in [0.2, 0.25) is 9.84 Å². The van der Waals surface area contributed by atoms with Crippen LogP contribution < -0.4 is 0 Å². The molecule has 8 heteroatoms. The van der Waals surface area contributed by atoms with Crippen LogP contribution in [0, 0.1) is 0 Å². The zero-order chi connectivity index (χ0) is 15.6. The Labute approximate surface area is 159 Å². The van der Waals surface area contributed by atoms with Gasteiger partial charge in [-0.15, -0.1) is 0 Å². The Morgan fingerprint density at radius 1 is 0.727 bits per heavy atom. The maximum absolute atomic E-state index is 12.3. The monoisotopic (exact) mass is 348 g/mol. The van der Waals surface area contributed by atoms with Crippen LogP contribution in [0.1, 0.15) is 23.6 Å². The minimum Gasteiger partial charge on any atom is -1.00 e. The molecule has 0 amide bonds. The standard InChI is InChI=1S/C14H10O6S.Ca.2H/c15-13(16)9-1-5-11(6-2-9)21(19,20)12-7-3-10(4-8-12)14(17)18;;;/h1-8H,(H,15,16)(H,17,18);;;/q;+2;2*-1. The number of sulfone groups is 1. The number of carboxylic acids is 2. The van der Waals surface area contributed by atoms with Gasteiger partial charge in [-0.3, -0.25) is 0 Å². The summed E-state index contributed by atoms with van der Waals surface area (Å²) in [7, 11) is -3.81. The van der Waals surface area contributed by atoms with Crippen molar-refractivity contribution in [1.82, 2.24) is 0 Å². The summed E-state index contributed by atoms with van der Waals surface area (Å²) in [5.41, 5.74) is -0.0367. The summed E-state index contributed by atoms with van der Waals surface area (Å²) in [5, 5.41) is 17.5. The van der Waals surface area contributed by atoms with Gasteiger partial charge < -0.3 is 13.1 Å². The molecule has 0 heterocycles. The summed E-state index contributed by atoms with van der Waals surface area (Å²) in [4.78, 5) is 21.3. The molecular weight excluding hydrogens is 336 g/mol. The van der Waals surface area contributed by atoms with Crippen LogP contribution >= 0.6 is 0 Å². The number of aromatic carboxylic acids is 2. The molecule has 2 N–H and O–H groups in total. The van der Waals surface area contributed by atoms with Gasteiger partial charge in [0.25, 0.3) is 0 Å². The fourth-order valence-electron chi connectivity index (χ4n) is 1.69. The van der Waals surface area contributed by atoms with Gasteiger partial charge in [0.05, 0.1) is 20.9 Å². The van der Waals surface area contributed by atoms with Crippen molar-refractivity contribution in [1.29, 1.82) is 0 Å². The summed E-state index contributed by atoms with van der Waals surface area (Å²) in [6.45, 7) is 0. The molecule has 0 aromatic heterocycles. The number of carbonyl (C=O) groups is 2. The van der Waals surface area contributed by atoms with Gasteiger partial charge in [-0.25, -0.2) is 18.0 Å². The van der Waals surface area contributed by atoms with E-state index in [2.05, 4.69) is 0 Å². The minimum atomic E-state index is -3.81. The average molecular weight is 348 g/mol. The molecule has 2 aromatic carbocycles. The largest absolute Gasteiger partial charge is 2.00 e. The van der Waals surface area contributed by atoms with Gasteiger partial charge in [0.1, 0.15) is 0 Å². The number of benzene rings is 2. The van der Waals surface area contributed by atoms with Gasteiger partial charge in [0, 0.05) is 0 Å². The first-order valence-electron chi connectivity index (χ1n) is 5.74. The smallest absolute Gasteiger partial charge is 1.00 e. The second-order valence-corrected chi connectivity index (χ2v) is 6.11. The third-order valence-electron chi connectivity index (χ3n) is 2.82. The van der Waals surface area contributed by atoms with Crippen molar-refractivity contribution in [3.63, 3.8) is 0 Å². The summed E-state index contributed by atoms with van der Waals surface area (Å²) in [6, 6.07) is 9.57. The maximum Gasteiger partial charge on any atom is 2.00 e. The van der Waals surface area contributed by atoms with Crippen LogP contribution in [-0.4, -0.2) is 68.3 Å². The summed E-state index contributed by atoms with van der Waals surface area (Å²) in [5.74, 6) is -2.30. The molecule has 0 spiro atoms. The number of rotatable bonds is 4. The molecule has 0 bridgehead atoms. The number of carboxylic acid groups (broad SMARTS) is 2. The van der Waals surface area contributed by atoms with Crippen LogP contribution in [0.25, 0.3) is 0 Å². The molecule has 22 heavy (non-hydrogen) atoms. The van der Waals surface area contributed by atoms with E-state index >= 15 is 0 Å². The molecule has 2 rings (SSSR count). The number of hydrogen-bond acceptors (Lipinski definition) is 4. The van der Waals surface area contributed by atoms with E-state index in [1.54, 1.807) is 0 Å². The Bertz CT molecular complexity index is 741. The molecule has 0 atom stereocenters. The summed E-state index contributed by atoms with van der Waals surface area (Å²) in [6.07, 6.45) is 0. The third-order valence-corrected chi connectivity index (χ3v) is 4.61. The second kappa shape index (κ2) is 7.23. The first-order chi connectivity index (χ1) is 9.82. The third kappa shape index (κ3) is 3.86. The second-order valence-electron chi connectivity index (χ2n) is 4.16. The molecule has 0 fully saturated rings. The van der Waals surface area contributed by atoms with Crippen molar-refractivity contribution < 1.29 is 31.1 Å². The normalized spacial score (nSPS) is 10.5. The fraction of sp³-hybridized carbons (Fsp3) is 0.